The molecule has 1 heterocycles. The summed E-state index contributed by atoms with van der Waals surface area (Å²) in [6, 6.07) is 0.290. The summed E-state index contributed by atoms with van der Waals surface area (Å²) in [4.78, 5) is 3.90. The molecule has 0 fully saturated rings. The van der Waals surface area contributed by atoms with Gasteiger partial charge in [0, 0.05) is 0 Å². The number of aromatic nitrogens is 2. The SMILES string of the molecule is ClCn1c(Cl)nc(Br)c1Br. The first-order valence-corrected chi connectivity index (χ1v) is 4.79. The molecule has 0 bridgehead atoms. The van der Waals surface area contributed by atoms with Gasteiger partial charge in [-0.05, 0) is 43.5 Å². The molecule has 1 aromatic rings. The van der Waals surface area contributed by atoms with Gasteiger partial charge in [0.15, 0.2) is 0 Å². The van der Waals surface area contributed by atoms with Gasteiger partial charge in [-0.3, -0.25) is 4.57 Å². The van der Waals surface area contributed by atoms with Crippen LogP contribution in [0.1, 0.15) is 0 Å². The van der Waals surface area contributed by atoms with E-state index >= 15 is 0 Å². The van der Waals surface area contributed by atoms with Gasteiger partial charge >= 0.3 is 0 Å². The van der Waals surface area contributed by atoms with Crippen LogP contribution in [0.25, 0.3) is 0 Å². The van der Waals surface area contributed by atoms with Crippen molar-refractivity contribution in [3.8, 4) is 0 Å². The molecule has 0 unspecified atom stereocenters. The fraction of sp³-hybridized carbons (Fsp3) is 0.250. The van der Waals surface area contributed by atoms with Gasteiger partial charge in [-0.1, -0.05) is 0 Å². The molecule has 56 valence electrons. The van der Waals surface area contributed by atoms with Crippen LogP contribution in [0.2, 0.25) is 5.28 Å². The number of halogens is 4. The predicted molar refractivity (Wildman–Crippen MR) is 48.5 cm³/mol. The van der Waals surface area contributed by atoms with Gasteiger partial charge in [-0.15, -0.1) is 11.6 Å². The van der Waals surface area contributed by atoms with E-state index in [1.807, 2.05) is 0 Å². The molecule has 1 rings (SSSR count). The zero-order valence-electron chi connectivity index (χ0n) is 4.61. The van der Waals surface area contributed by atoms with Crippen LogP contribution in [0.3, 0.4) is 0 Å². The van der Waals surface area contributed by atoms with E-state index in [2.05, 4.69) is 36.8 Å². The van der Waals surface area contributed by atoms with Crippen LogP contribution in [0.15, 0.2) is 9.21 Å². The Morgan fingerprint density at radius 2 is 2.10 bits per heavy atom. The minimum absolute atomic E-state index is 0.290. The predicted octanol–water partition coefficient (Wildman–Crippen LogP) is 3.26. The van der Waals surface area contributed by atoms with Crippen molar-refractivity contribution in [2.75, 3.05) is 0 Å². The third-order valence-electron chi connectivity index (χ3n) is 0.940. The molecule has 0 saturated carbocycles. The maximum absolute atomic E-state index is 5.66. The fourth-order valence-corrected chi connectivity index (χ4v) is 2.12. The van der Waals surface area contributed by atoms with E-state index in [-0.39, 0.29) is 6.00 Å². The van der Waals surface area contributed by atoms with Crippen molar-refractivity contribution in [1.29, 1.82) is 0 Å². The normalized spacial score (nSPS) is 10.4. The minimum Gasteiger partial charge on any atom is -0.294 e. The van der Waals surface area contributed by atoms with Crippen molar-refractivity contribution in [2.45, 2.75) is 6.00 Å². The summed E-state index contributed by atoms with van der Waals surface area (Å²) in [5, 5.41) is 0.369. The van der Waals surface area contributed by atoms with E-state index < -0.39 is 0 Å². The second-order valence-corrected chi connectivity index (χ2v) is 3.59. The Kier molecular flexibility index (Phi) is 3.03. The van der Waals surface area contributed by atoms with Crippen LogP contribution < -0.4 is 0 Å². The summed E-state index contributed by atoms with van der Waals surface area (Å²) in [5.74, 6) is 0. The zero-order chi connectivity index (χ0) is 7.72. The number of imidazole rings is 1. The van der Waals surface area contributed by atoms with Crippen molar-refractivity contribution in [1.82, 2.24) is 9.55 Å². The monoisotopic (exact) mass is 306 g/mol. The smallest absolute Gasteiger partial charge is 0.205 e. The van der Waals surface area contributed by atoms with Crippen LogP contribution in [-0.2, 0) is 6.00 Å². The Labute approximate surface area is 84.8 Å². The molecule has 6 heteroatoms. The van der Waals surface area contributed by atoms with Crippen molar-refractivity contribution in [2.24, 2.45) is 0 Å². The number of alkyl halides is 1. The quantitative estimate of drug-likeness (QED) is 0.728. The largest absolute Gasteiger partial charge is 0.294 e. The lowest BCUT2D eigenvalue weighted by Gasteiger charge is -1.96. The second kappa shape index (κ2) is 3.43. The molecule has 0 aliphatic rings. The van der Waals surface area contributed by atoms with Gasteiger partial charge in [-0.2, -0.15) is 0 Å². The molecule has 0 aromatic carbocycles. The van der Waals surface area contributed by atoms with Crippen molar-refractivity contribution in [3.63, 3.8) is 0 Å². The van der Waals surface area contributed by atoms with Crippen LogP contribution >= 0.6 is 55.1 Å². The van der Waals surface area contributed by atoms with E-state index in [9.17, 15) is 0 Å². The molecular weight excluding hydrogens is 307 g/mol. The molecule has 0 aliphatic carbocycles. The molecule has 10 heavy (non-hydrogen) atoms. The summed E-state index contributed by atoms with van der Waals surface area (Å²) in [7, 11) is 0. The third-order valence-corrected chi connectivity index (χ3v) is 3.36. The van der Waals surface area contributed by atoms with Crippen LogP contribution in [0.5, 0.6) is 0 Å². The summed E-state index contributed by atoms with van der Waals surface area (Å²) in [6.07, 6.45) is 0. The Morgan fingerprint density at radius 1 is 1.50 bits per heavy atom. The van der Waals surface area contributed by atoms with Gasteiger partial charge in [0.1, 0.15) is 15.2 Å². The molecule has 0 amide bonds. The first kappa shape index (κ1) is 8.84. The first-order valence-electron chi connectivity index (χ1n) is 2.29. The topological polar surface area (TPSA) is 17.8 Å². The molecular formula is C4H2Br2Cl2N2. The van der Waals surface area contributed by atoms with Crippen molar-refractivity contribution in [3.05, 3.63) is 14.5 Å². The van der Waals surface area contributed by atoms with E-state index in [0.717, 1.165) is 4.60 Å². The van der Waals surface area contributed by atoms with Gasteiger partial charge in [0.05, 0.1) is 0 Å². The average Bonchev–Trinajstić information content (AvgIpc) is 2.09. The highest BCUT2D eigenvalue weighted by Gasteiger charge is 2.09. The summed E-state index contributed by atoms with van der Waals surface area (Å²) in [5.41, 5.74) is 0. The molecule has 1 aromatic heterocycles. The molecule has 0 N–H and O–H groups in total. The summed E-state index contributed by atoms with van der Waals surface area (Å²) in [6.45, 7) is 0. The van der Waals surface area contributed by atoms with Gasteiger partial charge in [-0.25, -0.2) is 4.98 Å². The highest BCUT2D eigenvalue weighted by atomic mass is 79.9. The molecule has 0 saturated heterocycles. The van der Waals surface area contributed by atoms with E-state index in [1.54, 1.807) is 4.57 Å². The fourth-order valence-electron chi connectivity index (χ4n) is 0.482. The summed E-state index contributed by atoms with van der Waals surface area (Å²) >= 11 is 17.6. The van der Waals surface area contributed by atoms with Crippen LogP contribution in [-0.4, -0.2) is 9.55 Å². The van der Waals surface area contributed by atoms with E-state index in [1.165, 1.54) is 0 Å². The van der Waals surface area contributed by atoms with Crippen molar-refractivity contribution < 1.29 is 0 Å². The lowest BCUT2D eigenvalue weighted by molar-refractivity contribution is 0.860. The molecule has 0 radical (unpaired) electrons. The van der Waals surface area contributed by atoms with Gasteiger partial charge < -0.3 is 0 Å². The van der Waals surface area contributed by atoms with Crippen molar-refractivity contribution >= 4 is 55.1 Å². The Balaban J connectivity index is 3.20. The third kappa shape index (κ3) is 1.49. The molecule has 0 atom stereocenters. The number of hydrogen-bond acceptors (Lipinski definition) is 1. The maximum Gasteiger partial charge on any atom is 0.205 e. The molecule has 0 spiro atoms. The Hall–Kier alpha value is 0.750. The highest BCUT2D eigenvalue weighted by Crippen LogP contribution is 2.26. The number of nitrogens with zero attached hydrogens (tertiary/aromatic N) is 2. The van der Waals surface area contributed by atoms with Crippen LogP contribution in [0.4, 0.5) is 0 Å². The molecule has 0 aliphatic heterocycles. The standard InChI is InChI=1S/C4H2Br2Cl2N2/c5-2-3(6)10(1-7)4(8)9-2/h1H2. The second-order valence-electron chi connectivity index (χ2n) is 1.51. The summed E-state index contributed by atoms with van der Waals surface area (Å²) < 4.78 is 3.04. The number of hydrogen-bond donors (Lipinski definition) is 0. The molecule has 2 nitrogen and oxygen atoms in total. The Bertz CT molecular complexity index is 248. The van der Waals surface area contributed by atoms with E-state index in [4.69, 9.17) is 23.2 Å². The average molecular weight is 309 g/mol. The lowest BCUT2D eigenvalue weighted by atomic mass is 10.9. The number of rotatable bonds is 1. The van der Waals surface area contributed by atoms with Crippen LogP contribution in [0, 0.1) is 0 Å². The zero-order valence-corrected chi connectivity index (χ0v) is 9.30. The van der Waals surface area contributed by atoms with E-state index in [0.29, 0.717) is 9.89 Å². The lowest BCUT2D eigenvalue weighted by Crippen LogP contribution is -1.90. The minimum atomic E-state index is 0.290. The first-order chi connectivity index (χ1) is 4.66. The van der Waals surface area contributed by atoms with Gasteiger partial charge in [0.2, 0.25) is 5.28 Å². The maximum atomic E-state index is 5.66. The highest BCUT2D eigenvalue weighted by molar-refractivity contribution is 9.13. The van der Waals surface area contributed by atoms with Gasteiger partial charge in [0.25, 0.3) is 0 Å². The Morgan fingerprint density at radius 3 is 2.30 bits per heavy atom.